The molecule has 2 aromatic rings. The summed E-state index contributed by atoms with van der Waals surface area (Å²) in [6, 6.07) is 5.58. The van der Waals surface area contributed by atoms with Crippen molar-refractivity contribution in [2.75, 3.05) is 0 Å². The Morgan fingerprint density at radius 1 is 1.22 bits per heavy atom. The molecule has 0 saturated heterocycles. The summed E-state index contributed by atoms with van der Waals surface area (Å²) in [7, 11) is 0. The van der Waals surface area contributed by atoms with Crippen molar-refractivity contribution in [2.24, 2.45) is 0 Å². The van der Waals surface area contributed by atoms with Gasteiger partial charge in [0.15, 0.2) is 5.76 Å². The maximum Gasteiger partial charge on any atom is 0.305 e. The molecule has 0 fully saturated rings. The van der Waals surface area contributed by atoms with Gasteiger partial charge >= 0.3 is 5.97 Å². The Bertz CT molecular complexity index is 515. The largest absolute Gasteiger partial charge is 0.481 e. The maximum atomic E-state index is 11.8. The first-order valence-electron chi connectivity index (χ1n) is 5.26. The number of carboxylic acid groups (broad SMARTS) is 1. The van der Waals surface area contributed by atoms with Crippen LogP contribution in [0.4, 0.5) is 0 Å². The number of rotatable bonds is 5. The molecule has 0 aliphatic heterocycles. The van der Waals surface area contributed by atoms with E-state index < -0.39 is 17.9 Å². The van der Waals surface area contributed by atoms with E-state index in [-0.39, 0.29) is 12.2 Å². The monoisotopic (exact) mass is 249 g/mol. The zero-order valence-electron chi connectivity index (χ0n) is 9.33. The Morgan fingerprint density at radius 3 is 2.50 bits per heavy atom. The summed E-state index contributed by atoms with van der Waals surface area (Å²) in [5.74, 6) is -1.01. The molecule has 2 N–H and O–H groups in total. The lowest BCUT2D eigenvalue weighted by Crippen LogP contribution is -2.29. The molecular weight excluding hydrogens is 238 g/mol. The minimum absolute atomic E-state index is 0.122. The number of hydrogen-bond acceptors (Lipinski definition) is 4. The molecule has 2 aromatic heterocycles. The third-order valence-electron chi connectivity index (χ3n) is 2.32. The molecule has 94 valence electrons. The van der Waals surface area contributed by atoms with Crippen LogP contribution in [0.15, 0.2) is 45.6 Å². The van der Waals surface area contributed by atoms with Crippen molar-refractivity contribution in [3.8, 4) is 0 Å². The van der Waals surface area contributed by atoms with Crippen molar-refractivity contribution in [3.05, 3.63) is 48.3 Å². The predicted molar refractivity (Wildman–Crippen MR) is 59.9 cm³/mol. The van der Waals surface area contributed by atoms with Crippen LogP contribution in [0.2, 0.25) is 0 Å². The first-order valence-corrected chi connectivity index (χ1v) is 5.26. The lowest BCUT2D eigenvalue weighted by Gasteiger charge is -2.13. The quantitative estimate of drug-likeness (QED) is 0.843. The van der Waals surface area contributed by atoms with Crippen LogP contribution in [-0.4, -0.2) is 17.0 Å². The van der Waals surface area contributed by atoms with Gasteiger partial charge in [-0.25, -0.2) is 0 Å². The molecule has 2 heterocycles. The Balaban J connectivity index is 2.11. The summed E-state index contributed by atoms with van der Waals surface area (Å²) in [4.78, 5) is 22.5. The van der Waals surface area contributed by atoms with Gasteiger partial charge in [0.05, 0.1) is 25.0 Å². The normalized spacial score (nSPS) is 12.0. The summed E-state index contributed by atoms with van der Waals surface area (Å²) in [6.07, 6.45) is 2.53. The minimum atomic E-state index is -1.03. The Hall–Kier alpha value is -2.50. The standard InChI is InChI=1S/C12H11NO5/c14-11(15)7-8(9-3-1-5-17-9)13-12(16)10-4-2-6-18-10/h1-6,8H,7H2,(H,13,16)(H,14,15)/t8-/m1/s1. The van der Waals surface area contributed by atoms with Gasteiger partial charge in [0, 0.05) is 0 Å². The van der Waals surface area contributed by atoms with E-state index in [9.17, 15) is 9.59 Å². The molecule has 0 saturated carbocycles. The van der Waals surface area contributed by atoms with E-state index in [2.05, 4.69) is 5.32 Å². The van der Waals surface area contributed by atoms with E-state index in [0.717, 1.165) is 0 Å². The van der Waals surface area contributed by atoms with Crippen LogP contribution in [0.3, 0.4) is 0 Å². The lowest BCUT2D eigenvalue weighted by molar-refractivity contribution is -0.137. The number of carboxylic acids is 1. The molecule has 0 bridgehead atoms. The Labute approximate surface area is 102 Å². The lowest BCUT2D eigenvalue weighted by atomic mass is 10.1. The van der Waals surface area contributed by atoms with Crippen LogP contribution in [0.5, 0.6) is 0 Å². The van der Waals surface area contributed by atoms with Crippen molar-refractivity contribution in [2.45, 2.75) is 12.5 Å². The highest BCUT2D eigenvalue weighted by atomic mass is 16.4. The second-order valence-electron chi connectivity index (χ2n) is 3.62. The summed E-state index contributed by atoms with van der Waals surface area (Å²) in [5, 5.41) is 11.4. The van der Waals surface area contributed by atoms with Crippen LogP contribution in [0, 0.1) is 0 Å². The smallest absolute Gasteiger partial charge is 0.305 e. The van der Waals surface area contributed by atoms with Crippen LogP contribution in [-0.2, 0) is 4.79 Å². The fourth-order valence-corrected chi connectivity index (χ4v) is 1.52. The van der Waals surface area contributed by atoms with Crippen molar-refractivity contribution in [3.63, 3.8) is 0 Å². The predicted octanol–water partition coefficient (Wildman–Crippen LogP) is 1.82. The molecule has 6 heteroatoms. The Morgan fingerprint density at radius 2 is 1.94 bits per heavy atom. The highest BCUT2D eigenvalue weighted by molar-refractivity contribution is 5.91. The molecule has 0 aromatic carbocycles. The third kappa shape index (κ3) is 2.79. The highest BCUT2D eigenvalue weighted by Crippen LogP contribution is 2.18. The van der Waals surface area contributed by atoms with Crippen LogP contribution >= 0.6 is 0 Å². The summed E-state index contributed by atoms with van der Waals surface area (Å²) in [6.45, 7) is 0. The zero-order valence-corrected chi connectivity index (χ0v) is 9.33. The Kier molecular flexibility index (Phi) is 3.47. The average Bonchev–Trinajstić information content (AvgIpc) is 3.01. The van der Waals surface area contributed by atoms with E-state index in [1.165, 1.54) is 18.6 Å². The van der Waals surface area contributed by atoms with Crippen LogP contribution in [0.25, 0.3) is 0 Å². The molecule has 0 radical (unpaired) electrons. The third-order valence-corrected chi connectivity index (χ3v) is 2.32. The summed E-state index contributed by atoms with van der Waals surface area (Å²) < 4.78 is 10.0. The molecule has 0 spiro atoms. The molecule has 0 aliphatic carbocycles. The van der Waals surface area contributed by atoms with Crippen molar-refractivity contribution >= 4 is 11.9 Å². The van der Waals surface area contributed by atoms with Crippen molar-refractivity contribution in [1.29, 1.82) is 0 Å². The SMILES string of the molecule is O=C(O)C[C@@H](NC(=O)c1ccco1)c1ccco1. The van der Waals surface area contributed by atoms with Gasteiger partial charge in [-0.1, -0.05) is 0 Å². The molecular formula is C12H11NO5. The second-order valence-corrected chi connectivity index (χ2v) is 3.62. The van der Waals surface area contributed by atoms with Gasteiger partial charge in [-0.2, -0.15) is 0 Å². The first kappa shape index (κ1) is 12.0. The van der Waals surface area contributed by atoms with Gasteiger partial charge in [-0.15, -0.1) is 0 Å². The average molecular weight is 249 g/mol. The van der Waals surface area contributed by atoms with Crippen molar-refractivity contribution in [1.82, 2.24) is 5.32 Å². The molecule has 2 rings (SSSR count). The van der Waals surface area contributed by atoms with Crippen LogP contribution in [0.1, 0.15) is 28.8 Å². The van der Waals surface area contributed by atoms with E-state index in [1.54, 1.807) is 18.2 Å². The van der Waals surface area contributed by atoms with E-state index in [0.29, 0.717) is 5.76 Å². The van der Waals surface area contributed by atoms with E-state index >= 15 is 0 Å². The fourth-order valence-electron chi connectivity index (χ4n) is 1.52. The summed E-state index contributed by atoms with van der Waals surface area (Å²) in [5.41, 5.74) is 0. The van der Waals surface area contributed by atoms with Gasteiger partial charge < -0.3 is 19.3 Å². The van der Waals surface area contributed by atoms with E-state index in [4.69, 9.17) is 13.9 Å². The fraction of sp³-hybridized carbons (Fsp3) is 0.167. The molecule has 1 atom stereocenters. The number of furan rings is 2. The number of nitrogens with one attached hydrogen (secondary N) is 1. The second kappa shape index (κ2) is 5.22. The van der Waals surface area contributed by atoms with Gasteiger partial charge in [0.1, 0.15) is 5.76 Å². The topological polar surface area (TPSA) is 92.7 Å². The molecule has 18 heavy (non-hydrogen) atoms. The number of hydrogen-bond donors (Lipinski definition) is 2. The van der Waals surface area contributed by atoms with Crippen LogP contribution < -0.4 is 5.32 Å². The van der Waals surface area contributed by atoms with Gasteiger partial charge in [-0.3, -0.25) is 9.59 Å². The van der Waals surface area contributed by atoms with Crippen molar-refractivity contribution < 1.29 is 23.5 Å². The minimum Gasteiger partial charge on any atom is -0.481 e. The molecule has 6 nitrogen and oxygen atoms in total. The molecule has 0 aliphatic rings. The summed E-state index contributed by atoms with van der Waals surface area (Å²) >= 11 is 0. The molecule has 1 amide bonds. The van der Waals surface area contributed by atoms with Gasteiger partial charge in [0.25, 0.3) is 5.91 Å². The number of amides is 1. The van der Waals surface area contributed by atoms with Gasteiger partial charge in [0.2, 0.25) is 0 Å². The van der Waals surface area contributed by atoms with E-state index in [1.807, 2.05) is 0 Å². The molecule has 0 unspecified atom stereocenters. The highest BCUT2D eigenvalue weighted by Gasteiger charge is 2.22. The number of carbonyl (C=O) groups is 2. The zero-order chi connectivity index (χ0) is 13.0. The maximum absolute atomic E-state index is 11.8. The number of aliphatic carboxylic acids is 1. The number of carbonyl (C=O) groups excluding carboxylic acids is 1. The first-order chi connectivity index (χ1) is 8.66. The van der Waals surface area contributed by atoms with Gasteiger partial charge in [-0.05, 0) is 24.3 Å².